The van der Waals surface area contributed by atoms with Gasteiger partial charge in [0.2, 0.25) is 12.7 Å². The zero-order valence-corrected chi connectivity index (χ0v) is 17.6. The van der Waals surface area contributed by atoms with Crippen molar-refractivity contribution in [2.45, 2.75) is 44.8 Å². The van der Waals surface area contributed by atoms with E-state index >= 15 is 0 Å². The first-order chi connectivity index (χ1) is 15.3. The second-order valence-electron chi connectivity index (χ2n) is 8.09. The lowest BCUT2D eigenvalue weighted by Crippen LogP contribution is -2.40. The summed E-state index contributed by atoms with van der Waals surface area (Å²) in [6.07, 6.45) is 12.1. The summed E-state index contributed by atoms with van der Waals surface area (Å²) in [6.45, 7) is 4.12. The number of hydrogen-bond acceptors (Lipinski definition) is 7. The molecule has 2 aromatic heterocycles. The Morgan fingerprint density at radius 1 is 1.10 bits per heavy atom. The number of hydrogen-bond donors (Lipinski definition) is 1. The van der Waals surface area contributed by atoms with Crippen LogP contribution >= 0.6 is 0 Å². The van der Waals surface area contributed by atoms with Crippen LogP contribution in [-0.2, 0) is 13.1 Å². The van der Waals surface area contributed by atoms with Gasteiger partial charge in [0.05, 0.1) is 5.69 Å². The Morgan fingerprint density at radius 2 is 2.06 bits per heavy atom. The van der Waals surface area contributed by atoms with Crippen molar-refractivity contribution in [2.24, 2.45) is 0 Å². The molecule has 4 heterocycles. The third-order valence-corrected chi connectivity index (χ3v) is 5.97. The molecule has 0 amide bonds. The van der Waals surface area contributed by atoms with E-state index in [9.17, 15) is 0 Å². The summed E-state index contributed by atoms with van der Waals surface area (Å²) < 4.78 is 12.7. The van der Waals surface area contributed by atoms with Crippen molar-refractivity contribution in [3.05, 3.63) is 60.4 Å². The minimum absolute atomic E-state index is 0.319. The molecule has 0 aliphatic carbocycles. The molecule has 2 aliphatic heterocycles. The Hall–Kier alpha value is -2.97. The van der Waals surface area contributed by atoms with Crippen LogP contribution < -0.4 is 14.8 Å². The fourth-order valence-corrected chi connectivity index (χ4v) is 4.33. The molecule has 1 fully saturated rings. The molecule has 8 heteroatoms. The first-order valence-electron chi connectivity index (χ1n) is 11.0. The molecule has 1 N–H and O–H groups in total. The first-order valence-corrected chi connectivity index (χ1v) is 11.0. The van der Waals surface area contributed by atoms with E-state index < -0.39 is 0 Å². The number of benzene rings is 1. The number of rotatable bonds is 8. The maximum Gasteiger partial charge on any atom is 0.235 e. The smallest absolute Gasteiger partial charge is 0.235 e. The van der Waals surface area contributed by atoms with Gasteiger partial charge in [0, 0.05) is 37.7 Å². The summed E-state index contributed by atoms with van der Waals surface area (Å²) in [5.41, 5.74) is 2.27. The van der Waals surface area contributed by atoms with Gasteiger partial charge in [-0.3, -0.25) is 9.47 Å². The standard InChI is InChI=1S/C23H28N6O2/c1-2-11-28(15-19-6-9-26-23(27-19)29-12-10-25-16-29)20(3-1)7-8-24-14-18-4-5-21-22(13-18)31-17-30-21/h4-6,9-10,12-13,16,20,24H,1-3,7-8,11,14-15,17H2. The Kier molecular flexibility index (Phi) is 6.08. The molecule has 31 heavy (non-hydrogen) atoms. The van der Waals surface area contributed by atoms with Crippen molar-refractivity contribution in [1.29, 1.82) is 0 Å². The Bertz CT molecular complexity index is 993. The van der Waals surface area contributed by atoms with Crippen LogP contribution in [0.3, 0.4) is 0 Å². The monoisotopic (exact) mass is 420 g/mol. The highest BCUT2D eigenvalue weighted by atomic mass is 16.7. The van der Waals surface area contributed by atoms with Gasteiger partial charge in [-0.05, 0) is 56.1 Å². The maximum atomic E-state index is 5.47. The second-order valence-corrected chi connectivity index (χ2v) is 8.09. The van der Waals surface area contributed by atoms with E-state index in [0.29, 0.717) is 18.8 Å². The molecule has 1 unspecified atom stereocenters. The average Bonchev–Trinajstić information content (AvgIpc) is 3.50. The predicted octanol–water partition coefficient (Wildman–Crippen LogP) is 2.93. The number of ether oxygens (including phenoxy) is 2. The number of imidazole rings is 1. The SMILES string of the molecule is c1cn(-c2nccc(CN3CCCCC3CCNCc3ccc4c(c3)OCO4)n2)cn1. The zero-order chi connectivity index (χ0) is 20.9. The van der Waals surface area contributed by atoms with Gasteiger partial charge in [0.1, 0.15) is 6.33 Å². The van der Waals surface area contributed by atoms with Crippen LogP contribution in [0.25, 0.3) is 5.95 Å². The van der Waals surface area contributed by atoms with Gasteiger partial charge in [-0.25, -0.2) is 15.0 Å². The third-order valence-electron chi connectivity index (χ3n) is 5.97. The highest BCUT2D eigenvalue weighted by Gasteiger charge is 2.22. The van der Waals surface area contributed by atoms with E-state index in [1.165, 1.54) is 24.8 Å². The molecule has 5 rings (SSSR count). The van der Waals surface area contributed by atoms with Gasteiger partial charge < -0.3 is 14.8 Å². The summed E-state index contributed by atoms with van der Waals surface area (Å²) in [6, 6.07) is 8.74. The number of fused-ring (bicyclic) bond motifs is 1. The van der Waals surface area contributed by atoms with Crippen molar-refractivity contribution in [1.82, 2.24) is 29.7 Å². The van der Waals surface area contributed by atoms with E-state index in [1.54, 1.807) is 12.5 Å². The van der Waals surface area contributed by atoms with E-state index in [2.05, 4.69) is 32.3 Å². The van der Waals surface area contributed by atoms with Crippen molar-refractivity contribution >= 4 is 0 Å². The number of piperidine rings is 1. The van der Waals surface area contributed by atoms with E-state index in [0.717, 1.165) is 49.8 Å². The van der Waals surface area contributed by atoms with E-state index in [4.69, 9.17) is 14.5 Å². The molecule has 8 nitrogen and oxygen atoms in total. The second kappa shape index (κ2) is 9.45. The third kappa shape index (κ3) is 4.86. The highest BCUT2D eigenvalue weighted by molar-refractivity contribution is 5.44. The summed E-state index contributed by atoms with van der Waals surface area (Å²) in [4.78, 5) is 15.8. The van der Waals surface area contributed by atoms with Crippen LogP contribution in [0.1, 0.15) is 36.9 Å². The van der Waals surface area contributed by atoms with Crippen LogP contribution in [-0.4, -0.2) is 50.3 Å². The lowest BCUT2D eigenvalue weighted by molar-refractivity contribution is 0.130. The van der Waals surface area contributed by atoms with Gasteiger partial charge in [-0.2, -0.15) is 0 Å². The Morgan fingerprint density at radius 3 is 3.00 bits per heavy atom. The molecule has 162 valence electrons. The van der Waals surface area contributed by atoms with Gasteiger partial charge in [-0.1, -0.05) is 12.5 Å². The van der Waals surface area contributed by atoms with Gasteiger partial charge >= 0.3 is 0 Å². The zero-order valence-electron chi connectivity index (χ0n) is 17.6. The van der Waals surface area contributed by atoms with Crippen molar-refractivity contribution in [3.8, 4) is 17.4 Å². The van der Waals surface area contributed by atoms with E-state index in [1.807, 2.05) is 29.1 Å². The molecule has 1 saturated heterocycles. The number of aromatic nitrogens is 4. The lowest BCUT2D eigenvalue weighted by atomic mass is 9.99. The summed E-state index contributed by atoms with van der Waals surface area (Å²) in [7, 11) is 0. The normalized spacial score (nSPS) is 18.4. The molecule has 2 aliphatic rings. The van der Waals surface area contributed by atoms with Crippen molar-refractivity contribution in [3.63, 3.8) is 0 Å². The van der Waals surface area contributed by atoms with Crippen LogP contribution in [0.2, 0.25) is 0 Å². The highest BCUT2D eigenvalue weighted by Crippen LogP contribution is 2.32. The molecular formula is C23H28N6O2. The van der Waals surface area contributed by atoms with Crippen molar-refractivity contribution in [2.75, 3.05) is 19.9 Å². The minimum atomic E-state index is 0.319. The topological polar surface area (TPSA) is 77.3 Å². The van der Waals surface area contributed by atoms with Crippen LogP contribution in [0, 0.1) is 0 Å². The summed E-state index contributed by atoms with van der Waals surface area (Å²) in [5.74, 6) is 2.36. The maximum absolute atomic E-state index is 5.47. The number of nitrogens with one attached hydrogen (secondary N) is 1. The molecular weight excluding hydrogens is 392 g/mol. The molecule has 3 aromatic rings. The first kappa shape index (κ1) is 20.0. The Labute approximate surface area is 182 Å². The van der Waals surface area contributed by atoms with Gasteiger partial charge in [-0.15, -0.1) is 0 Å². The molecule has 0 saturated carbocycles. The van der Waals surface area contributed by atoms with Gasteiger partial charge in [0.25, 0.3) is 0 Å². The molecule has 0 bridgehead atoms. The van der Waals surface area contributed by atoms with Crippen molar-refractivity contribution < 1.29 is 9.47 Å². The van der Waals surface area contributed by atoms with Crippen LogP contribution in [0.5, 0.6) is 11.5 Å². The Balaban J connectivity index is 1.14. The number of nitrogens with zero attached hydrogens (tertiary/aromatic N) is 5. The summed E-state index contributed by atoms with van der Waals surface area (Å²) >= 11 is 0. The number of likely N-dealkylation sites (tertiary alicyclic amines) is 1. The molecule has 0 spiro atoms. The quantitative estimate of drug-likeness (QED) is 0.562. The van der Waals surface area contributed by atoms with Crippen LogP contribution in [0.15, 0.2) is 49.2 Å². The molecule has 1 atom stereocenters. The fourth-order valence-electron chi connectivity index (χ4n) is 4.33. The predicted molar refractivity (Wildman–Crippen MR) is 116 cm³/mol. The average molecular weight is 421 g/mol. The minimum Gasteiger partial charge on any atom is -0.454 e. The molecule has 1 aromatic carbocycles. The van der Waals surface area contributed by atoms with Crippen LogP contribution in [0.4, 0.5) is 0 Å². The largest absolute Gasteiger partial charge is 0.454 e. The fraction of sp³-hybridized carbons (Fsp3) is 0.435. The van der Waals surface area contributed by atoms with E-state index in [-0.39, 0.29) is 0 Å². The summed E-state index contributed by atoms with van der Waals surface area (Å²) in [5, 5.41) is 3.59. The molecule has 0 radical (unpaired) electrons. The lowest BCUT2D eigenvalue weighted by Gasteiger charge is -2.35. The van der Waals surface area contributed by atoms with Gasteiger partial charge in [0.15, 0.2) is 11.5 Å².